The molecular weight excluding hydrogens is 324 g/mol. The van der Waals surface area contributed by atoms with E-state index in [0.717, 1.165) is 35.5 Å². The number of hydrogen-bond donors (Lipinski definition) is 2. The number of rotatable bonds is 7. The molecule has 0 aliphatic heterocycles. The molecule has 120 valence electrons. The van der Waals surface area contributed by atoms with E-state index in [1.807, 2.05) is 31.1 Å². The van der Waals surface area contributed by atoms with Gasteiger partial charge in [0.1, 0.15) is 4.90 Å². The minimum absolute atomic E-state index is 0.0841. The van der Waals surface area contributed by atoms with E-state index < -0.39 is 10.0 Å². The van der Waals surface area contributed by atoms with E-state index in [1.165, 1.54) is 11.3 Å². The zero-order valence-electron chi connectivity index (χ0n) is 12.8. The van der Waals surface area contributed by atoms with Crippen molar-refractivity contribution in [2.45, 2.75) is 55.8 Å². The Balaban J connectivity index is 2.11. The highest BCUT2D eigenvalue weighted by Gasteiger charge is 2.30. The summed E-state index contributed by atoms with van der Waals surface area (Å²) in [6.07, 6.45) is 3.00. The fraction of sp³-hybridized carbons (Fsp3) is 0.714. The fourth-order valence-electron chi connectivity index (χ4n) is 2.84. The molecule has 2 unspecified atom stereocenters. The van der Waals surface area contributed by atoms with Crippen LogP contribution in [0.15, 0.2) is 10.3 Å². The van der Waals surface area contributed by atoms with Gasteiger partial charge in [0.15, 0.2) is 0 Å². The lowest BCUT2D eigenvalue weighted by Gasteiger charge is -2.15. The number of thiophene rings is 1. The van der Waals surface area contributed by atoms with Gasteiger partial charge in [-0.15, -0.1) is 11.3 Å². The maximum absolute atomic E-state index is 12.7. The molecule has 1 saturated carbocycles. The molecule has 2 atom stereocenters. The van der Waals surface area contributed by atoms with Crippen molar-refractivity contribution in [3.05, 3.63) is 15.8 Å². The Bertz CT molecular complexity index is 569. The Hall–Kier alpha value is -0.0800. The van der Waals surface area contributed by atoms with E-state index >= 15 is 0 Å². The average Bonchev–Trinajstić information content (AvgIpc) is 2.97. The van der Waals surface area contributed by atoms with Crippen LogP contribution in [0.2, 0.25) is 0 Å². The van der Waals surface area contributed by atoms with Crippen molar-refractivity contribution in [3.63, 3.8) is 0 Å². The maximum Gasteiger partial charge on any atom is 0.242 e. The van der Waals surface area contributed by atoms with Gasteiger partial charge in [-0.1, -0.05) is 6.92 Å². The SMILES string of the molecule is CCSC1CCC(NS(=O)(=O)c2c(C)csc2CNC)C1. The molecular formula is C14H24N2O2S3. The summed E-state index contributed by atoms with van der Waals surface area (Å²) in [5.41, 5.74) is 0.843. The highest BCUT2D eigenvalue weighted by molar-refractivity contribution is 7.99. The van der Waals surface area contributed by atoms with Gasteiger partial charge in [0.2, 0.25) is 10.0 Å². The molecule has 0 amide bonds. The molecule has 1 aliphatic rings. The lowest BCUT2D eigenvalue weighted by Crippen LogP contribution is -2.34. The van der Waals surface area contributed by atoms with Gasteiger partial charge < -0.3 is 5.32 Å². The maximum atomic E-state index is 12.7. The summed E-state index contributed by atoms with van der Waals surface area (Å²) in [4.78, 5) is 1.37. The second-order valence-corrected chi connectivity index (χ2v) is 9.60. The van der Waals surface area contributed by atoms with Crippen molar-refractivity contribution in [2.75, 3.05) is 12.8 Å². The molecule has 0 saturated heterocycles. The summed E-state index contributed by atoms with van der Waals surface area (Å²) in [6, 6.07) is 0.0841. The first-order chi connectivity index (χ1) is 9.97. The third-order valence-corrected chi connectivity index (χ3v) is 7.92. The predicted molar refractivity (Wildman–Crippen MR) is 91.7 cm³/mol. The topological polar surface area (TPSA) is 58.2 Å². The quantitative estimate of drug-likeness (QED) is 0.795. The summed E-state index contributed by atoms with van der Waals surface area (Å²) in [5.74, 6) is 1.10. The van der Waals surface area contributed by atoms with E-state index in [4.69, 9.17) is 0 Å². The molecule has 1 aromatic heterocycles. The van der Waals surface area contributed by atoms with E-state index in [0.29, 0.717) is 16.7 Å². The van der Waals surface area contributed by atoms with Crippen LogP contribution in [-0.2, 0) is 16.6 Å². The zero-order valence-corrected chi connectivity index (χ0v) is 15.3. The number of hydrogen-bond acceptors (Lipinski definition) is 5. The van der Waals surface area contributed by atoms with Crippen LogP contribution < -0.4 is 10.0 Å². The Morgan fingerprint density at radius 1 is 1.43 bits per heavy atom. The Morgan fingerprint density at radius 2 is 2.19 bits per heavy atom. The monoisotopic (exact) mass is 348 g/mol. The van der Waals surface area contributed by atoms with E-state index in [-0.39, 0.29) is 6.04 Å². The number of thioether (sulfide) groups is 1. The van der Waals surface area contributed by atoms with Crippen LogP contribution in [0, 0.1) is 6.92 Å². The first-order valence-corrected chi connectivity index (χ1v) is 10.7. The summed E-state index contributed by atoms with van der Waals surface area (Å²) < 4.78 is 28.3. The van der Waals surface area contributed by atoms with Crippen LogP contribution >= 0.6 is 23.1 Å². The lowest BCUT2D eigenvalue weighted by atomic mass is 10.3. The highest BCUT2D eigenvalue weighted by atomic mass is 32.2. The molecule has 4 nitrogen and oxygen atoms in total. The van der Waals surface area contributed by atoms with Crippen LogP contribution in [0.1, 0.15) is 36.6 Å². The molecule has 21 heavy (non-hydrogen) atoms. The van der Waals surface area contributed by atoms with Gasteiger partial charge in [-0.2, -0.15) is 11.8 Å². The summed E-state index contributed by atoms with van der Waals surface area (Å²) in [7, 11) is -1.58. The highest BCUT2D eigenvalue weighted by Crippen LogP contribution is 2.32. The molecule has 1 aliphatic carbocycles. The third kappa shape index (κ3) is 4.22. The lowest BCUT2D eigenvalue weighted by molar-refractivity contribution is 0.551. The molecule has 1 fully saturated rings. The van der Waals surface area contributed by atoms with Gasteiger partial charge in [-0.05, 0) is 49.9 Å². The minimum Gasteiger partial charge on any atom is -0.315 e. The minimum atomic E-state index is -3.41. The molecule has 7 heteroatoms. The first kappa shape index (κ1) is 17.3. The molecule has 0 spiro atoms. The first-order valence-electron chi connectivity index (χ1n) is 7.33. The van der Waals surface area contributed by atoms with Crippen LogP contribution in [-0.4, -0.2) is 32.5 Å². The summed E-state index contributed by atoms with van der Waals surface area (Å²) >= 11 is 3.45. The van der Waals surface area contributed by atoms with Crippen molar-refractivity contribution in [1.82, 2.24) is 10.0 Å². The van der Waals surface area contributed by atoms with Gasteiger partial charge in [0.05, 0.1) is 0 Å². The Kier molecular flexibility index (Phi) is 6.14. The molecule has 1 aromatic rings. The normalized spacial score (nSPS) is 22.8. The van der Waals surface area contributed by atoms with Crippen molar-refractivity contribution in [1.29, 1.82) is 0 Å². The third-order valence-electron chi connectivity index (χ3n) is 3.70. The largest absolute Gasteiger partial charge is 0.315 e. The van der Waals surface area contributed by atoms with Crippen molar-refractivity contribution >= 4 is 33.1 Å². The number of aryl methyl sites for hydroxylation is 1. The van der Waals surface area contributed by atoms with Crippen LogP contribution in [0.25, 0.3) is 0 Å². The van der Waals surface area contributed by atoms with Gasteiger partial charge in [-0.25, -0.2) is 13.1 Å². The summed E-state index contributed by atoms with van der Waals surface area (Å²) in [5, 5.41) is 5.56. The van der Waals surface area contributed by atoms with E-state index in [9.17, 15) is 8.42 Å². The summed E-state index contributed by atoms with van der Waals surface area (Å²) in [6.45, 7) is 4.61. The van der Waals surface area contributed by atoms with E-state index in [2.05, 4.69) is 17.0 Å². The average molecular weight is 349 g/mol. The molecule has 2 rings (SSSR count). The Morgan fingerprint density at radius 3 is 2.86 bits per heavy atom. The molecule has 0 bridgehead atoms. The fourth-order valence-corrected chi connectivity index (χ4v) is 7.09. The molecule has 2 N–H and O–H groups in total. The van der Waals surface area contributed by atoms with Crippen LogP contribution in [0.4, 0.5) is 0 Å². The standard InChI is InChI=1S/C14H24N2O2S3/c1-4-19-12-6-5-11(7-12)16-21(17,18)14-10(2)9-20-13(14)8-15-3/h9,11-12,15-16H,4-8H2,1-3H3. The van der Waals surface area contributed by atoms with E-state index in [1.54, 1.807) is 0 Å². The van der Waals surface area contributed by atoms with Gasteiger partial charge in [0.25, 0.3) is 0 Å². The van der Waals surface area contributed by atoms with Crippen LogP contribution in [0.3, 0.4) is 0 Å². The van der Waals surface area contributed by atoms with Crippen molar-refractivity contribution in [3.8, 4) is 0 Å². The molecule has 0 radical (unpaired) electrons. The Labute approximate surface area is 136 Å². The van der Waals surface area contributed by atoms with Crippen molar-refractivity contribution in [2.24, 2.45) is 0 Å². The second-order valence-electron chi connectivity index (χ2n) is 5.41. The molecule has 0 aromatic carbocycles. The van der Waals surface area contributed by atoms with Crippen LogP contribution in [0.5, 0.6) is 0 Å². The second kappa shape index (κ2) is 7.46. The van der Waals surface area contributed by atoms with Gasteiger partial charge >= 0.3 is 0 Å². The van der Waals surface area contributed by atoms with Gasteiger partial charge in [0, 0.05) is 22.7 Å². The van der Waals surface area contributed by atoms with Crippen molar-refractivity contribution < 1.29 is 8.42 Å². The number of sulfonamides is 1. The number of nitrogens with one attached hydrogen (secondary N) is 2. The molecule has 1 heterocycles. The smallest absolute Gasteiger partial charge is 0.242 e. The predicted octanol–water partition coefficient (Wildman–Crippen LogP) is 2.73. The van der Waals surface area contributed by atoms with Gasteiger partial charge in [-0.3, -0.25) is 0 Å². The zero-order chi connectivity index (χ0) is 15.5.